The molecule has 1 aromatic carbocycles. The quantitative estimate of drug-likeness (QED) is 0.659. The molecule has 9 heteroatoms. The van der Waals surface area contributed by atoms with Crippen LogP contribution >= 0.6 is 11.3 Å². The second-order valence-electron chi connectivity index (χ2n) is 7.79. The summed E-state index contributed by atoms with van der Waals surface area (Å²) in [6.07, 6.45) is 4.91. The molecule has 7 nitrogen and oxygen atoms in total. The molecule has 0 unspecified atom stereocenters. The number of halogens is 1. The first-order valence-electron chi connectivity index (χ1n) is 10.2. The number of piperidine rings is 1. The van der Waals surface area contributed by atoms with E-state index in [-0.39, 0.29) is 17.6 Å². The van der Waals surface area contributed by atoms with E-state index in [2.05, 4.69) is 15.4 Å². The number of hydrogen-bond acceptors (Lipinski definition) is 5. The fraction of sp³-hybridized carbons (Fsp3) is 0.364. The van der Waals surface area contributed by atoms with E-state index >= 15 is 0 Å². The average molecular weight is 442 g/mol. The fourth-order valence-electron chi connectivity index (χ4n) is 3.67. The van der Waals surface area contributed by atoms with Crippen LogP contribution in [-0.4, -0.2) is 51.1 Å². The van der Waals surface area contributed by atoms with Crippen LogP contribution in [0.25, 0.3) is 10.6 Å². The predicted molar refractivity (Wildman–Crippen MR) is 116 cm³/mol. The lowest BCUT2D eigenvalue weighted by Gasteiger charge is -2.31. The van der Waals surface area contributed by atoms with Gasteiger partial charge in [-0.2, -0.15) is 5.10 Å². The van der Waals surface area contributed by atoms with Gasteiger partial charge < -0.3 is 10.2 Å². The number of nitrogens with zero attached hydrogens (tertiary/aromatic N) is 4. The van der Waals surface area contributed by atoms with Gasteiger partial charge in [0.05, 0.1) is 17.5 Å². The molecular weight excluding hydrogens is 417 g/mol. The summed E-state index contributed by atoms with van der Waals surface area (Å²) in [5.74, 6) is -0.101. The van der Waals surface area contributed by atoms with Gasteiger partial charge in [-0.05, 0) is 49.9 Å². The standard InChI is InChI=1S/C22H24FN5O2S/c1-14-19(31-21(26-14)16-3-5-18(23)6-4-16)22(30)28-9-7-15(8-10-28)11-24-20(29)17-12-25-27(2)13-17/h3-6,12-13,15H,7-11H2,1-2H3,(H,24,29). The number of aryl methyl sites for hydroxylation is 2. The normalized spacial score (nSPS) is 14.6. The summed E-state index contributed by atoms with van der Waals surface area (Å²) in [5, 5.41) is 7.69. The lowest BCUT2D eigenvalue weighted by atomic mass is 9.96. The Bertz CT molecular complexity index is 1080. The van der Waals surface area contributed by atoms with Crippen LogP contribution < -0.4 is 5.32 Å². The van der Waals surface area contributed by atoms with Crippen LogP contribution in [0.3, 0.4) is 0 Å². The van der Waals surface area contributed by atoms with E-state index in [1.54, 1.807) is 36.3 Å². The summed E-state index contributed by atoms with van der Waals surface area (Å²) >= 11 is 1.35. The van der Waals surface area contributed by atoms with E-state index in [0.717, 1.165) is 18.4 Å². The van der Waals surface area contributed by atoms with Gasteiger partial charge in [0.2, 0.25) is 0 Å². The van der Waals surface area contributed by atoms with Crippen molar-refractivity contribution in [2.24, 2.45) is 13.0 Å². The Morgan fingerprint density at radius 1 is 1.23 bits per heavy atom. The number of carbonyl (C=O) groups is 2. The van der Waals surface area contributed by atoms with Crippen molar-refractivity contribution in [3.63, 3.8) is 0 Å². The van der Waals surface area contributed by atoms with Gasteiger partial charge in [-0.15, -0.1) is 11.3 Å². The van der Waals surface area contributed by atoms with Gasteiger partial charge in [0.1, 0.15) is 15.7 Å². The smallest absolute Gasteiger partial charge is 0.265 e. The Kier molecular flexibility index (Phi) is 6.13. The number of nitrogens with one attached hydrogen (secondary N) is 1. The van der Waals surface area contributed by atoms with Crippen LogP contribution in [0, 0.1) is 18.7 Å². The zero-order valence-electron chi connectivity index (χ0n) is 17.5. The molecule has 31 heavy (non-hydrogen) atoms. The molecule has 0 radical (unpaired) electrons. The summed E-state index contributed by atoms with van der Waals surface area (Å²) in [6.45, 7) is 3.71. The summed E-state index contributed by atoms with van der Waals surface area (Å²) in [7, 11) is 1.77. The van der Waals surface area contributed by atoms with Gasteiger partial charge >= 0.3 is 0 Å². The number of rotatable bonds is 5. The van der Waals surface area contributed by atoms with E-state index in [4.69, 9.17) is 0 Å². The Hall–Kier alpha value is -3.07. The highest BCUT2D eigenvalue weighted by Gasteiger charge is 2.27. The van der Waals surface area contributed by atoms with Gasteiger partial charge in [0.25, 0.3) is 11.8 Å². The van der Waals surface area contributed by atoms with Crippen molar-refractivity contribution in [2.45, 2.75) is 19.8 Å². The van der Waals surface area contributed by atoms with Crippen molar-refractivity contribution >= 4 is 23.2 Å². The van der Waals surface area contributed by atoms with Crippen LogP contribution in [0.1, 0.15) is 38.6 Å². The molecule has 4 rings (SSSR count). The van der Waals surface area contributed by atoms with Crippen molar-refractivity contribution in [1.82, 2.24) is 25.0 Å². The van der Waals surface area contributed by atoms with Crippen molar-refractivity contribution in [3.05, 3.63) is 58.6 Å². The first kappa shape index (κ1) is 21.2. The van der Waals surface area contributed by atoms with Crippen LogP contribution in [0.15, 0.2) is 36.7 Å². The van der Waals surface area contributed by atoms with Gasteiger partial charge in [0.15, 0.2) is 0 Å². The number of hydrogen-bond donors (Lipinski definition) is 1. The molecule has 1 aliphatic heterocycles. The van der Waals surface area contributed by atoms with Crippen LogP contribution in [0.4, 0.5) is 4.39 Å². The monoisotopic (exact) mass is 441 g/mol. The first-order chi connectivity index (χ1) is 14.9. The molecule has 1 aliphatic rings. The molecule has 162 valence electrons. The highest BCUT2D eigenvalue weighted by atomic mass is 32.1. The highest BCUT2D eigenvalue weighted by molar-refractivity contribution is 7.17. The molecule has 0 bridgehead atoms. The maximum atomic E-state index is 13.2. The maximum Gasteiger partial charge on any atom is 0.265 e. The molecule has 2 amide bonds. The van der Waals surface area contributed by atoms with Gasteiger partial charge in [-0.1, -0.05) is 0 Å². The molecule has 0 atom stereocenters. The third kappa shape index (κ3) is 4.82. The minimum atomic E-state index is -0.298. The van der Waals surface area contributed by atoms with E-state index in [9.17, 15) is 14.0 Å². The Morgan fingerprint density at radius 3 is 2.58 bits per heavy atom. The molecule has 3 heterocycles. The predicted octanol–water partition coefficient (Wildman–Crippen LogP) is 3.27. The number of benzene rings is 1. The van der Waals surface area contributed by atoms with Crippen LogP contribution in [0.5, 0.6) is 0 Å². The fourth-order valence-corrected chi connectivity index (χ4v) is 4.71. The second kappa shape index (κ2) is 8.97. The highest BCUT2D eigenvalue weighted by Crippen LogP contribution is 2.30. The average Bonchev–Trinajstić information content (AvgIpc) is 3.38. The SMILES string of the molecule is Cc1nc(-c2ccc(F)cc2)sc1C(=O)N1CCC(CNC(=O)c2cnn(C)c2)CC1. The molecule has 1 fully saturated rings. The van der Waals surface area contributed by atoms with E-state index in [1.165, 1.54) is 23.5 Å². The van der Waals surface area contributed by atoms with Crippen LogP contribution in [0.2, 0.25) is 0 Å². The molecule has 0 saturated carbocycles. The molecule has 3 aromatic rings. The van der Waals surface area contributed by atoms with Gasteiger partial charge in [-0.3, -0.25) is 14.3 Å². The third-order valence-corrected chi connectivity index (χ3v) is 6.70. The third-order valence-electron chi connectivity index (χ3n) is 5.50. The lowest BCUT2D eigenvalue weighted by molar-refractivity contribution is 0.0688. The van der Waals surface area contributed by atoms with Crippen molar-refractivity contribution < 1.29 is 14.0 Å². The number of carbonyl (C=O) groups excluding carboxylic acids is 2. The first-order valence-corrected chi connectivity index (χ1v) is 11.0. The van der Waals surface area contributed by atoms with E-state index < -0.39 is 0 Å². The molecule has 0 spiro atoms. The summed E-state index contributed by atoms with van der Waals surface area (Å²) < 4.78 is 14.8. The Balaban J connectivity index is 1.32. The summed E-state index contributed by atoms with van der Waals surface area (Å²) in [5.41, 5.74) is 2.05. The molecular formula is C22H24FN5O2S. The molecule has 2 aromatic heterocycles. The minimum Gasteiger partial charge on any atom is -0.352 e. The largest absolute Gasteiger partial charge is 0.352 e. The van der Waals surface area contributed by atoms with Gasteiger partial charge in [0, 0.05) is 38.4 Å². The molecule has 1 N–H and O–H groups in total. The second-order valence-corrected chi connectivity index (χ2v) is 8.79. The Morgan fingerprint density at radius 2 is 1.94 bits per heavy atom. The lowest BCUT2D eigenvalue weighted by Crippen LogP contribution is -2.41. The molecule has 1 saturated heterocycles. The number of likely N-dealkylation sites (tertiary alicyclic amines) is 1. The van der Waals surface area contributed by atoms with Crippen molar-refractivity contribution in [3.8, 4) is 10.6 Å². The summed E-state index contributed by atoms with van der Waals surface area (Å²) in [4.78, 5) is 32.2. The topological polar surface area (TPSA) is 80.1 Å². The van der Waals surface area contributed by atoms with Crippen LogP contribution in [-0.2, 0) is 7.05 Å². The van der Waals surface area contributed by atoms with Crippen molar-refractivity contribution in [2.75, 3.05) is 19.6 Å². The molecule has 0 aliphatic carbocycles. The van der Waals surface area contributed by atoms with Crippen molar-refractivity contribution in [1.29, 1.82) is 0 Å². The summed E-state index contributed by atoms with van der Waals surface area (Å²) in [6, 6.07) is 6.14. The van der Waals surface area contributed by atoms with E-state index in [0.29, 0.717) is 46.7 Å². The zero-order chi connectivity index (χ0) is 22.0. The number of amides is 2. The number of thiazole rings is 1. The minimum absolute atomic E-state index is 0.0128. The Labute approximate surface area is 183 Å². The maximum absolute atomic E-state index is 13.2. The number of aromatic nitrogens is 3. The van der Waals surface area contributed by atoms with Gasteiger partial charge in [-0.25, -0.2) is 9.37 Å². The zero-order valence-corrected chi connectivity index (χ0v) is 18.3. The van der Waals surface area contributed by atoms with E-state index in [1.807, 2.05) is 11.8 Å².